The van der Waals surface area contributed by atoms with Gasteiger partial charge >= 0.3 is 0 Å². The number of hydrogen-bond donors (Lipinski definition) is 1. The van der Waals surface area contributed by atoms with Crippen LogP contribution >= 0.6 is 0 Å². The fourth-order valence-electron chi connectivity index (χ4n) is 2.10. The summed E-state index contributed by atoms with van der Waals surface area (Å²) in [6, 6.07) is 0. The van der Waals surface area contributed by atoms with Gasteiger partial charge in [0.05, 0.1) is 0 Å². The molecule has 0 amide bonds. The summed E-state index contributed by atoms with van der Waals surface area (Å²) in [6.07, 6.45) is 13.3. The summed E-state index contributed by atoms with van der Waals surface area (Å²) in [5, 5.41) is 3.52. The van der Waals surface area contributed by atoms with Crippen molar-refractivity contribution in [3.8, 4) is 0 Å². The predicted octanol–water partition coefficient (Wildman–Crippen LogP) is 2.34. The Bertz CT molecular complexity index is 251. The van der Waals surface area contributed by atoms with E-state index < -0.39 is 0 Å². The summed E-state index contributed by atoms with van der Waals surface area (Å²) < 4.78 is 0. The largest absolute Gasteiger partial charge is 0.313 e. The molecule has 16 heavy (non-hydrogen) atoms. The van der Waals surface area contributed by atoms with Crippen LogP contribution in [0.4, 0.5) is 0 Å². The number of nitrogens with one attached hydrogen (secondary N) is 1. The molecule has 0 bridgehead atoms. The van der Waals surface area contributed by atoms with Crippen molar-refractivity contribution in [3.05, 3.63) is 23.8 Å². The quantitative estimate of drug-likeness (QED) is 0.474. The topological polar surface area (TPSA) is 15.0 Å². The normalized spacial score (nSPS) is 19.1. The van der Waals surface area contributed by atoms with Gasteiger partial charge in [-0.1, -0.05) is 36.6 Å². The highest BCUT2D eigenvalue weighted by Crippen LogP contribution is 2.09. The number of rotatable bonds is 9. The van der Waals surface area contributed by atoms with Crippen molar-refractivity contribution in [2.45, 2.75) is 32.1 Å². The van der Waals surface area contributed by atoms with Gasteiger partial charge in [0.2, 0.25) is 0 Å². The number of allylic oxidation sites excluding steroid dienone is 3. The molecule has 2 nitrogen and oxygen atoms in total. The van der Waals surface area contributed by atoms with Crippen molar-refractivity contribution >= 4 is 0 Å². The highest BCUT2D eigenvalue weighted by molar-refractivity contribution is 5.23. The summed E-state index contributed by atoms with van der Waals surface area (Å²) in [5.74, 6) is 0. The maximum absolute atomic E-state index is 3.52. The maximum Gasteiger partial charge on any atom is 0.0170 e. The van der Waals surface area contributed by atoms with E-state index in [0.717, 1.165) is 13.0 Å². The Hall–Kier alpha value is -0.600. The van der Waals surface area contributed by atoms with Crippen LogP contribution in [-0.4, -0.2) is 37.6 Å². The minimum absolute atomic E-state index is 1.08. The van der Waals surface area contributed by atoms with Crippen molar-refractivity contribution < 1.29 is 0 Å². The molecule has 0 atom stereocenters. The van der Waals surface area contributed by atoms with Gasteiger partial charge in [-0.05, 0) is 32.4 Å². The molecule has 1 N–H and O–H groups in total. The van der Waals surface area contributed by atoms with E-state index in [9.17, 15) is 0 Å². The lowest BCUT2D eigenvalue weighted by atomic mass is 10.2. The van der Waals surface area contributed by atoms with Crippen molar-refractivity contribution in [3.63, 3.8) is 0 Å². The van der Waals surface area contributed by atoms with Crippen LogP contribution in [0.25, 0.3) is 0 Å². The Morgan fingerprint density at radius 1 is 1.12 bits per heavy atom. The van der Waals surface area contributed by atoms with Crippen LogP contribution in [0.15, 0.2) is 23.8 Å². The predicted molar refractivity (Wildman–Crippen MR) is 69.6 cm³/mol. The lowest BCUT2D eigenvalue weighted by Crippen LogP contribution is -2.17. The fraction of sp³-hybridized carbons (Fsp3) is 0.714. The van der Waals surface area contributed by atoms with E-state index in [1.165, 1.54) is 57.4 Å². The van der Waals surface area contributed by atoms with Crippen molar-refractivity contribution in [2.75, 3.05) is 32.7 Å². The van der Waals surface area contributed by atoms with E-state index >= 15 is 0 Å². The van der Waals surface area contributed by atoms with Crippen molar-refractivity contribution in [2.24, 2.45) is 0 Å². The molecule has 90 valence electrons. The standard InChI is InChI=1S/C14H24N2/c1(2-6-10-16-11-12-16)5-9-15-13-14-7-3-4-8-14/h3-4,7,15H,1-2,5-6,8-13H2. The average molecular weight is 220 g/mol. The van der Waals surface area contributed by atoms with Gasteiger partial charge in [0.1, 0.15) is 0 Å². The Balaban J connectivity index is 1.32. The molecule has 0 saturated carbocycles. The number of nitrogens with zero attached hydrogens (tertiary/aromatic N) is 1. The van der Waals surface area contributed by atoms with Crippen molar-refractivity contribution in [1.29, 1.82) is 0 Å². The summed E-state index contributed by atoms with van der Waals surface area (Å²) in [6.45, 7) is 6.31. The molecule has 2 rings (SSSR count). The molecule has 2 aliphatic rings. The Morgan fingerprint density at radius 3 is 2.75 bits per heavy atom. The summed E-state index contributed by atoms with van der Waals surface area (Å²) in [5.41, 5.74) is 1.53. The van der Waals surface area contributed by atoms with Gasteiger partial charge < -0.3 is 10.2 Å². The van der Waals surface area contributed by atoms with Crippen LogP contribution in [0.1, 0.15) is 32.1 Å². The Kier molecular flexibility index (Phi) is 5.10. The molecule has 1 aliphatic heterocycles. The van der Waals surface area contributed by atoms with Gasteiger partial charge in [-0.3, -0.25) is 0 Å². The molecular weight excluding hydrogens is 196 g/mol. The van der Waals surface area contributed by atoms with Crippen LogP contribution in [0.3, 0.4) is 0 Å². The van der Waals surface area contributed by atoms with Crippen LogP contribution < -0.4 is 5.32 Å². The van der Waals surface area contributed by atoms with E-state index in [1.807, 2.05) is 0 Å². The van der Waals surface area contributed by atoms with E-state index in [0.29, 0.717) is 0 Å². The molecule has 1 fully saturated rings. The zero-order valence-corrected chi connectivity index (χ0v) is 10.3. The van der Waals surface area contributed by atoms with E-state index in [4.69, 9.17) is 0 Å². The van der Waals surface area contributed by atoms with Crippen LogP contribution in [0.2, 0.25) is 0 Å². The van der Waals surface area contributed by atoms with Gasteiger partial charge in [-0.15, -0.1) is 0 Å². The molecule has 0 spiro atoms. The molecular formula is C14H24N2. The van der Waals surface area contributed by atoms with Gasteiger partial charge in [0.25, 0.3) is 0 Å². The summed E-state index contributed by atoms with van der Waals surface area (Å²) >= 11 is 0. The zero-order valence-electron chi connectivity index (χ0n) is 10.3. The fourth-order valence-corrected chi connectivity index (χ4v) is 2.10. The second-order valence-electron chi connectivity index (χ2n) is 4.89. The lowest BCUT2D eigenvalue weighted by molar-refractivity contribution is 0.502. The first kappa shape index (κ1) is 11.9. The first-order valence-electron chi connectivity index (χ1n) is 6.73. The molecule has 0 radical (unpaired) electrons. The minimum Gasteiger partial charge on any atom is -0.313 e. The van der Waals surface area contributed by atoms with Crippen LogP contribution in [0, 0.1) is 0 Å². The average Bonchev–Trinajstić information content (AvgIpc) is 2.97. The molecule has 0 aromatic rings. The third-order valence-corrected chi connectivity index (χ3v) is 3.32. The molecule has 0 unspecified atom stereocenters. The minimum atomic E-state index is 1.08. The molecule has 1 saturated heterocycles. The SMILES string of the molecule is C1=CCC(CNCCCCCCN2CC2)=C1. The molecule has 0 aromatic carbocycles. The molecule has 0 aromatic heterocycles. The van der Waals surface area contributed by atoms with Gasteiger partial charge in [-0.2, -0.15) is 0 Å². The van der Waals surface area contributed by atoms with Crippen molar-refractivity contribution in [1.82, 2.24) is 10.2 Å². The van der Waals surface area contributed by atoms with E-state index in [1.54, 1.807) is 0 Å². The Morgan fingerprint density at radius 2 is 2.00 bits per heavy atom. The second kappa shape index (κ2) is 6.87. The van der Waals surface area contributed by atoms with E-state index in [2.05, 4.69) is 28.4 Å². The Labute approximate surface area is 99.4 Å². The van der Waals surface area contributed by atoms with Crippen LogP contribution in [0.5, 0.6) is 0 Å². The van der Waals surface area contributed by atoms with Crippen LogP contribution in [-0.2, 0) is 0 Å². The van der Waals surface area contributed by atoms with Gasteiger partial charge in [0.15, 0.2) is 0 Å². The number of hydrogen-bond acceptors (Lipinski definition) is 2. The smallest absolute Gasteiger partial charge is 0.0170 e. The zero-order chi connectivity index (χ0) is 11.1. The monoisotopic (exact) mass is 220 g/mol. The summed E-state index contributed by atoms with van der Waals surface area (Å²) in [7, 11) is 0. The maximum atomic E-state index is 3.52. The number of unbranched alkanes of at least 4 members (excludes halogenated alkanes) is 3. The third-order valence-electron chi connectivity index (χ3n) is 3.32. The first-order valence-corrected chi connectivity index (χ1v) is 6.73. The molecule has 2 heteroatoms. The lowest BCUT2D eigenvalue weighted by Gasteiger charge is -2.05. The second-order valence-corrected chi connectivity index (χ2v) is 4.89. The van der Waals surface area contributed by atoms with Gasteiger partial charge in [-0.25, -0.2) is 0 Å². The first-order chi connectivity index (χ1) is 7.95. The highest BCUT2D eigenvalue weighted by atomic mass is 15.2. The highest BCUT2D eigenvalue weighted by Gasteiger charge is 2.14. The summed E-state index contributed by atoms with van der Waals surface area (Å²) in [4.78, 5) is 2.51. The van der Waals surface area contributed by atoms with Gasteiger partial charge in [0, 0.05) is 19.6 Å². The molecule has 1 aliphatic carbocycles. The molecule has 1 heterocycles. The van der Waals surface area contributed by atoms with E-state index in [-0.39, 0.29) is 0 Å². The third kappa shape index (κ3) is 4.95.